The van der Waals surface area contributed by atoms with Crippen molar-refractivity contribution in [1.82, 2.24) is 29.0 Å². The van der Waals surface area contributed by atoms with E-state index in [1.54, 1.807) is 41.6 Å². The number of hydrogen-bond donors (Lipinski definition) is 1. The lowest BCUT2D eigenvalue weighted by atomic mass is 10.0. The molecular formula is C29H22ClFN6O2. The van der Waals surface area contributed by atoms with Crippen molar-refractivity contribution >= 4 is 39.6 Å². The average molecular weight is 541 g/mol. The van der Waals surface area contributed by atoms with Crippen molar-refractivity contribution in [2.45, 2.75) is 0 Å². The molecule has 0 saturated heterocycles. The van der Waals surface area contributed by atoms with E-state index in [-0.39, 0.29) is 11.3 Å². The smallest absolute Gasteiger partial charge is 0.328 e. The fourth-order valence-electron chi connectivity index (χ4n) is 4.90. The number of carbonyl (C=O) groups is 1. The van der Waals surface area contributed by atoms with Crippen molar-refractivity contribution < 1.29 is 9.18 Å². The summed E-state index contributed by atoms with van der Waals surface area (Å²) < 4.78 is 19.9. The van der Waals surface area contributed by atoms with Crippen molar-refractivity contribution in [2.75, 3.05) is 7.05 Å². The second-order valence-electron chi connectivity index (χ2n) is 9.16. The number of halogens is 2. The number of pyridine rings is 1. The zero-order valence-electron chi connectivity index (χ0n) is 21.2. The Morgan fingerprint density at radius 3 is 2.38 bits per heavy atom. The summed E-state index contributed by atoms with van der Waals surface area (Å²) >= 11 is 6.50. The fourth-order valence-corrected chi connectivity index (χ4v) is 5.11. The Hall–Kier alpha value is -4.76. The summed E-state index contributed by atoms with van der Waals surface area (Å²) in [7, 11) is 4.94. The number of aromatic nitrogens is 5. The summed E-state index contributed by atoms with van der Waals surface area (Å²) in [6.07, 6.45) is 1.61. The molecule has 0 aliphatic carbocycles. The van der Waals surface area contributed by atoms with Gasteiger partial charge in [-0.1, -0.05) is 23.7 Å². The van der Waals surface area contributed by atoms with Crippen molar-refractivity contribution in [3.8, 4) is 28.2 Å². The van der Waals surface area contributed by atoms with Gasteiger partial charge in [-0.05, 0) is 65.7 Å². The molecular weight excluding hydrogens is 519 g/mol. The number of fused-ring (bicyclic) bond motifs is 2. The molecule has 0 aliphatic rings. The van der Waals surface area contributed by atoms with Gasteiger partial charge in [-0.25, -0.2) is 19.2 Å². The van der Waals surface area contributed by atoms with Gasteiger partial charge in [-0.2, -0.15) is 0 Å². The number of carbonyl (C=O) groups excluding carboxylic acids is 1. The van der Waals surface area contributed by atoms with Gasteiger partial charge in [0.25, 0.3) is 5.91 Å². The highest BCUT2D eigenvalue weighted by Crippen LogP contribution is 2.34. The highest BCUT2D eigenvalue weighted by atomic mass is 35.5. The molecule has 0 unspecified atom stereocenters. The van der Waals surface area contributed by atoms with Gasteiger partial charge in [-0.3, -0.25) is 18.5 Å². The van der Waals surface area contributed by atoms with E-state index >= 15 is 0 Å². The molecule has 0 bridgehead atoms. The first-order chi connectivity index (χ1) is 18.8. The number of aryl methyl sites for hydroxylation is 2. The summed E-state index contributed by atoms with van der Waals surface area (Å²) in [6, 6.07) is 19.6. The molecule has 0 atom stereocenters. The number of nitrogens with zero attached hydrogens (tertiary/aromatic N) is 5. The largest absolute Gasteiger partial charge is 0.355 e. The Balaban J connectivity index is 1.58. The lowest BCUT2D eigenvalue weighted by molar-refractivity contribution is 0.0959. The van der Waals surface area contributed by atoms with E-state index in [1.807, 2.05) is 47.0 Å². The van der Waals surface area contributed by atoms with E-state index in [1.165, 1.54) is 19.2 Å². The number of imidazole rings is 2. The van der Waals surface area contributed by atoms with E-state index in [0.717, 1.165) is 27.8 Å². The third-order valence-corrected chi connectivity index (χ3v) is 7.24. The van der Waals surface area contributed by atoms with E-state index in [0.29, 0.717) is 27.6 Å². The van der Waals surface area contributed by atoms with Crippen LogP contribution in [0.15, 0.2) is 77.7 Å². The Labute approximate surface area is 226 Å². The lowest BCUT2D eigenvalue weighted by Gasteiger charge is -2.11. The maximum absolute atomic E-state index is 14.7. The van der Waals surface area contributed by atoms with Gasteiger partial charge in [0.1, 0.15) is 16.8 Å². The SMILES string of the molecule is CNC(=O)c1ccc(-c2ccc3c(c2)nc(-c2cccnc2Cl)n3-c2ccc3c(c2)n(C)c(=O)n3C)cc1F. The van der Waals surface area contributed by atoms with Crippen LogP contribution >= 0.6 is 11.6 Å². The molecule has 1 N–H and O–H groups in total. The molecule has 0 spiro atoms. The topological polar surface area (TPSA) is 86.7 Å². The molecule has 194 valence electrons. The van der Waals surface area contributed by atoms with E-state index in [9.17, 15) is 14.0 Å². The van der Waals surface area contributed by atoms with Gasteiger partial charge in [0.15, 0.2) is 0 Å². The fraction of sp³-hybridized carbons (Fsp3) is 0.103. The minimum absolute atomic E-state index is 0.0224. The molecule has 8 nitrogen and oxygen atoms in total. The van der Waals surface area contributed by atoms with Gasteiger partial charge in [0, 0.05) is 33.0 Å². The predicted octanol–water partition coefficient (Wildman–Crippen LogP) is 5.10. The molecule has 3 heterocycles. The minimum atomic E-state index is -0.609. The molecule has 3 aromatic heterocycles. The second-order valence-corrected chi connectivity index (χ2v) is 9.52. The molecule has 1 amide bonds. The molecule has 6 aromatic rings. The monoisotopic (exact) mass is 540 g/mol. The van der Waals surface area contributed by atoms with Crippen LogP contribution in [0.5, 0.6) is 0 Å². The zero-order chi connectivity index (χ0) is 27.4. The summed E-state index contributed by atoms with van der Waals surface area (Å²) in [4.78, 5) is 33.6. The zero-order valence-corrected chi connectivity index (χ0v) is 22.0. The second kappa shape index (κ2) is 9.21. The quantitative estimate of drug-likeness (QED) is 0.315. The summed E-state index contributed by atoms with van der Waals surface area (Å²) in [5.74, 6) is -0.525. The van der Waals surface area contributed by atoms with E-state index in [4.69, 9.17) is 16.6 Å². The standard InChI is InChI=1S/C29H22ClFN6O2/c1-32-28(38)19-9-6-16(13-21(19)31)17-7-10-23-22(14-17)34-27(20-5-4-12-33-26(20)30)37(23)18-8-11-24-25(15-18)36(3)29(39)35(24)2/h4-15H,1-3H3,(H,32,38). The van der Waals surface area contributed by atoms with Crippen LogP contribution in [-0.4, -0.2) is 36.6 Å². The number of amides is 1. The first-order valence-electron chi connectivity index (χ1n) is 12.1. The van der Waals surface area contributed by atoms with Crippen molar-refractivity contribution in [1.29, 1.82) is 0 Å². The van der Waals surface area contributed by atoms with Crippen LogP contribution < -0.4 is 11.0 Å². The summed E-state index contributed by atoms with van der Waals surface area (Å²) in [6.45, 7) is 0. The molecule has 0 aliphatic heterocycles. The van der Waals surface area contributed by atoms with Gasteiger partial charge in [0.2, 0.25) is 0 Å². The van der Waals surface area contributed by atoms with Crippen LogP contribution in [0.4, 0.5) is 4.39 Å². The summed E-state index contributed by atoms with van der Waals surface area (Å²) in [5.41, 5.74) is 5.65. The van der Waals surface area contributed by atoms with Crippen molar-refractivity contribution in [2.24, 2.45) is 14.1 Å². The maximum Gasteiger partial charge on any atom is 0.328 e. The molecule has 10 heteroatoms. The molecule has 0 saturated carbocycles. The minimum Gasteiger partial charge on any atom is -0.355 e. The Morgan fingerprint density at radius 2 is 1.64 bits per heavy atom. The lowest BCUT2D eigenvalue weighted by Crippen LogP contribution is -2.19. The highest BCUT2D eigenvalue weighted by Gasteiger charge is 2.20. The van der Waals surface area contributed by atoms with Crippen LogP contribution in [0.2, 0.25) is 5.15 Å². The molecule has 0 radical (unpaired) electrons. The van der Waals surface area contributed by atoms with Crippen molar-refractivity contribution in [3.63, 3.8) is 0 Å². The number of benzene rings is 3. The highest BCUT2D eigenvalue weighted by molar-refractivity contribution is 6.32. The Bertz CT molecular complexity index is 2010. The van der Waals surface area contributed by atoms with Gasteiger partial charge >= 0.3 is 5.69 Å². The maximum atomic E-state index is 14.7. The van der Waals surface area contributed by atoms with E-state index in [2.05, 4.69) is 10.3 Å². The Morgan fingerprint density at radius 1 is 0.923 bits per heavy atom. The Kier molecular flexibility index (Phi) is 5.80. The first-order valence-corrected chi connectivity index (χ1v) is 12.5. The molecule has 6 rings (SSSR count). The molecule has 39 heavy (non-hydrogen) atoms. The van der Waals surface area contributed by atoms with Crippen LogP contribution in [0, 0.1) is 5.82 Å². The molecule has 3 aromatic carbocycles. The summed E-state index contributed by atoms with van der Waals surface area (Å²) in [5, 5.41) is 2.74. The van der Waals surface area contributed by atoms with Crippen LogP contribution in [0.25, 0.3) is 50.3 Å². The van der Waals surface area contributed by atoms with Gasteiger partial charge in [0.05, 0.1) is 33.2 Å². The van der Waals surface area contributed by atoms with Gasteiger partial charge in [-0.15, -0.1) is 0 Å². The number of hydrogen-bond acceptors (Lipinski definition) is 4. The van der Waals surface area contributed by atoms with E-state index < -0.39 is 11.7 Å². The first kappa shape index (κ1) is 24.6. The van der Waals surface area contributed by atoms with Crippen LogP contribution in [0.1, 0.15) is 10.4 Å². The predicted molar refractivity (Wildman–Crippen MR) is 150 cm³/mol. The third-order valence-electron chi connectivity index (χ3n) is 6.94. The van der Waals surface area contributed by atoms with Crippen LogP contribution in [-0.2, 0) is 14.1 Å². The number of nitrogens with one attached hydrogen (secondary N) is 1. The van der Waals surface area contributed by atoms with Gasteiger partial charge < -0.3 is 5.32 Å². The average Bonchev–Trinajstić information content (AvgIpc) is 3.43. The normalized spacial score (nSPS) is 11.4. The third kappa shape index (κ3) is 3.90. The number of rotatable bonds is 4. The molecule has 0 fully saturated rings. The van der Waals surface area contributed by atoms with Crippen LogP contribution in [0.3, 0.4) is 0 Å². The van der Waals surface area contributed by atoms with Crippen molar-refractivity contribution in [3.05, 3.63) is 99.9 Å².